The van der Waals surface area contributed by atoms with E-state index in [0.29, 0.717) is 16.9 Å². The zero-order valence-electron chi connectivity index (χ0n) is 11.8. The van der Waals surface area contributed by atoms with Crippen molar-refractivity contribution >= 4 is 11.1 Å². The number of oxazole rings is 1. The molecular weight excluding hydrogens is 302 g/mol. The first-order valence-corrected chi connectivity index (χ1v) is 6.92. The molecule has 0 saturated heterocycles. The van der Waals surface area contributed by atoms with Gasteiger partial charge in [-0.15, -0.1) is 5.10 Å². The van der Waals surface area contributed by atoms with Crippen LogP contribution in [0, 0.1) is 0 Å². The van der Waals surface area contributed by atoms with Crippen LogP contribution in [-0.4, -0.2) is 14.3 Å². The molecule has 8 heteroatoms. The van der Waals surface area contributed by atoms with Gasteiger partial charge in [-0.2, -0.15) is 4.68 Å². The van der Waals surface area contributed by atoms with Crippen molar-refractivity contribution in [3.63, 3.8) is 0 Å². The van der Waals surface area contributed by atoms with Crippen molar-refractivity contribution < 1.29 is 13.3 Å². The highest BCUT2D eigenvalue weighted by molar-refractivity contribution is 5.72. The Kier molecular flexibility index (Phi) is 3.00. The van der Waals surface area contributed by atoms with Crippen LogP contribution < -0.4 is 11.5 Å². The number of aromatic nitrogens is 3. The van der Waals surface area contributed by atoms with Gasteiger partial charge in [-0.05, 0) is 24.3 Å². The van der Waals surface area contributed by atoms with E-state index in [1.165, 1.54) is 10.8 Å². The van der Waals surface area contributed by atoms with Gasteiger partial charge in [-0.25, -0.2) is 9.59 Å². The predicted molar refractivity (Wildman–Crippen MR) is 78.9 cm³/mol. The molecule has 116 valence electrons. The molecule has 3 heterocycles. The van der Waals surface area contributed by atoms with E-state index in [0.717, 1.165) is 4.68 Å². The van der Waals surface area contributed by atoms with Crippen molar-refractivity contribution in [2.45, 2.75) is 13.1 Å². The Bertz CT molecular complexity index is 1060. The lowest BCUT2D eigenvalue weighted by atomic mass is 10.3. The summed E-state index contributed by atoms with van der Waals surface area (Å²) in [6.45, 7) is 0.409. The van der Waals surface area contributed by atoms with Crippen LogP contribution in [0.2, 0.25) is 0 Å². The van der Waals surface area contributed by atoms with E-state index >= 15 is 0 Å². The van der Waals surface area contributed by atoms with E-state index in [-0.39, 0.29) is 19.0 Å². The Morgan fingerprint density at radius 3 is 2.65 bits per heavy atom. The van der Waals surface area contributed by atoms with E-state index in [4.69, 9.17) is 13.3 Å². The molecule has 0 fully saturated rings. The second kappa shape index (κ2) is 5.16. The molecule has 8 nitrogen and oxygen atoms in total. The highest BCUT2D eigenvalue weighted by Crippen LogP contribution is 2.15. The van der Waals surface area contributed by atoms with Gasteiger partial charge in [0.2, 0.25) is 0 Å². The number of rotatable bonds is 4. The Morgan fingerprint density at radius 2 is 1.83 bits per heavy atom. The van der Waals surface area contributed by atoms with Gasteiger partial charge < -0.3 is 13.3 Å². The molecule has 0 radical (unpaired) electrons. The average Bonchev–Trinajstić information content (AvgIpc) is 3.24. The zero-order valence-corrected chi connectivity index (χ0v) is 11.8. The minimum Gasteiger partial charge on any atom is -0.459 e. The zero-order chi connectivity index (χ0) is 15.8. The number of hydrogen-bond acceptors (Lipinski definition) is 6. The van der Waals surface area contributed by atoms with Crippen molar-refractivity contribution in [2.24, 2.45) is 0 Å². The molecule has 0 aliphatic rings. The Labute approximate surface area is 128 Å². The third-order valence-electron chi connectivity index (χ3n) is 3.45. The first-order chi connectivity index (χ1) is 11.2. The number of para-hydroxylation sites is 2. The van der Waals surface area contributed by atoms with Gasteiger partial charge in [-0.3, -0.25) is 4.57 Å². The molecular formula is C15H11N3O5. The lowest BCUT2D eigenvalue weighted by molar-refractivity contribution is 0.438. The van der Waals surface area contributed by atoms with Crippen LogP contribution >= 0.6 is 0 Å². The number of hydrogen-bond donors (Lipinski definition) is 0. The second-order valence-corrected chi connectivity index (χ2v) is 4.86. The number of furan rings is 1. The standard InChI is InChI=1S/C15H11N3O5/c19-14-17(10-4-1-2-5-11(10)22-14)7-8-18-15(20)23-13(16-18)12-6-3-9-21-12/h1-6,9H,7-8H2. The number of nitrogens with zero attached hydrogens (tertiary/aromatic N) is 3. The molecule has 23 heavy (non-hydrogen) atoms. The largest absolute Gasteiger partial charge is 0.459 e. The van der Waals surface area contributed by atoms with E-state index in [9.17, 15) is 9.59 Å². The monoisotopic (exact) mass is 313 g/mol. The van der Waals surface area contributed by atoms with Gasteiger partial charge in [0.25, 0.3) is 5.89 Å². The summed E-state index contributed by atoms with van der Waals surface area (Å²) in [6.07, 6.45) is 1.46. The fraction of sp³-hybridized carbons (Fsp3) is 0.133. The summed E-state index contributed by atoms with van der Waals surface area (Å²) in [6, 6.07) is 10.4. The molecule has 0 atom stereocenters. The molecule has 4 aromatic rings. The summed E-state index contributed by atoms with van der Waals surface area (Å²) < 4.78 is 17.9. The van der Waals surface area contributed by atoms with Crippen LogP contribution in [0.3, 0.4) is 0 Å². The van der Waals surface area contributed by atoms with Crippen LogP contribution in [0.4, 0.5) is 0 Å². The summed E-state index contributed by atoms with van der Waals surface area (Å²) in [5, 5.41) is 4.06. The first-order valence-electron chi connectivity index (χ1n) is 6.92. The van der Waals surface area contributed by atoms with Crippen LogP contribution in [0.5, 0.6) is 0 Å². The van der Waals surface area contributed by atoms with Crippen molar-refractivity contribution in [3.8, 4) is 11.7 Å². The van der Waals surface area contributed by atoms with E-state index < -0.39 is 11.5 Å². The molecule has 0 saturated carbocycles. The van der Waals surface area contributed by atoms with Crippen LogP contribution in [0.25, 0.3) is 22.8 Å². The third-order valence-corrected chi connectivity index (χ3v) is 3.45. The minimum atomic E-state index is -0.614. The molecule has 4 rings (SSSR count). The van der Waals surface area contributed by atoms with Gasteiger partial charge in [-0.1, -0.05) is 12.1 Å². The van der Waals surface area contributed by atoms with Crippen molar-refractivity contribution in [1.82, 2.24) is 14.3 Å². The molecule has 0 unspecified atom stereocenters. The fourth-order valence-corrected chi connectivity index (χ4v) is 2.37. The van der Waals surface area contributed by atoms with Crippen LogP contribution in [0.1, 0.15) is 0 Å². The molecule has 1 aromatic carbocycles. The summed E-state index contributed by atoms with van der Waals surface area (Å²) >= 11 is 0. The number of aryl methyl sites for hydroxylation is 2. The van der Waals surface area contributed by atoms with Gasteiger partial charge in [0.05, 0.1) is 18.3 Å². The second-order valence-electron chi connectivity index (χ2n) is 4.86. The van der Waals surface area contributed by atoms with Gasteiger partial charge >= 0.3 is 11.5 Å². The molecule has 0 N–H and O–H groups in total. The lowest BCUT2D eigenvalue weighted by Crippen LogP contribution is -2.23. The van der Waals surface area contributed by atoms with Crippen molar-refractivity contribution in [2.75, 3.05) is 0 Å². The van der Waals surface area contributed by atoms with Crippen LogP contribution in [0.15, 0.2) is 65.5 Å². The maximum absolute atomic E-state index is 11.9. The average molecular weight is 313 g/mol. The number of fused-ring (bicyclic) bond motifs is 1. The lowest BCUT2D eigenvalue weighted by Gasteiger charge is -2.00. The smallest absolute Gasteiger partial charge is 0.437 e. The molecule has 0 bridgehead atoms. The normalized spacial score (nSPS) is 11.3. The highest BCUT2D eigenvalue weighted by Gasteiger charge is 2.14. The maximum atomic E-state index is 11.9. The fourth-order valence-electron chi connectivity index (χ4n) is 2.37. The molecule has 3 aromatic heterocycles. The molecule has 0 aliphatic heterocycles. The Morgan fingerprint density at radius 1 is 0.957 bits per heavy atom. The highest BCUT2D eigenvalue weighted by atomic mass is 16.4. The van der Waals surface area contributed by atoms with E-state index in [1.54, 1.807) is 30.3 Å². The van der Waals surface area contributed by atoms with Gasteiger partial charge in [0.1, 0.15) is 0 Å². The van der Waals surface area contributed by atoms with Crippen LogP contribution in [-0.2, 0) is 13.1 Å². The number of benzene rings is 1. The molecule has 0 spiro atoms. The molecule has 0 aliphatic carbocycles. The molecule has 0 amide bonds. The van der Waals surface area contributed by atoms with Gasteiger partial charge in [0, 0.05) is 6.54 Å². The SMILES string of the molecule is O=c1oc(-c2ccco2)nn1CCn1c(=O)oc2ccccc21. The summed E-state index contributed by atoms with van der Waals surface area (Å²) in [4.78, 5) is 23.7. The summed E-state index contributed by atoms with van der Waals surface area (Å²) in [5.41, 5.74) is 1.17. The predicted octanol–water partition coefficient (Wildman–Crippen LogP) is 1.70. The Balaban J connectivity index is 1.63. The summed E-state index contributed by atoms with van der Waals surface area (Å²) in [7, 11) is 0. The third kappa shape index (κ3) is 2.30. The van der Waals surface area contributed by atoms with E-state index in [1.807, 2.05) is 6.07 Å². The van der Waals surface area contributed by atoms with Crippen molar-refractivity contribution in [1.29, 1.82) is 0 Å². The minimum absolute atomic E-state index is 0.101. The van der Waals surface area contributed by atoms with Gasteiger partial charge in [0.15, 0.2) is 11.3 Å². The Hall–Kier alpha value is -3.29. The summed E-state index contributed by atoms with van der Waals surface area (Å²) in [5.74, 6) is -0.623. The maximum Gasteiger partial charge on any atom is 0.437 e. The van der Waals surface area contributed by atoms with E-state index in [2.05, 4.69) is 5.10 Å². The topological polar surface area (TPSA) is 96.3 Å². The quantitative estimate of drug-likeness (QED) is 0.569. The first kappa shape index (κ1) is 13.4. The van der Waals surface area contributed by atoms with Crippen molar-refractivity contribution in [3.05, 3.63) is 63.8 Å².